The molecule has 1 atom stereocenters. The van der Waals surface area contributed by atoms with Gasteiger partial charge in [-0.2, -0.15) is 0 Å². The fourth-order valence-electron chi connectivity index (χ4n) is 3.23. The average molecular weight is 277 g/mol. The van der Waals surface area contributed by atoms with Crippen LogP contribution in [0.15, 0.2) is 18.2 Å². The predicted molar refractivity (Wildman–Crippen MR) is 77.0 cm³/mol. The van der Waals surface area contributed by atoms with Gasteiger partial charge in [0.15, 0.2) is 11.5 Å². The molecule has 1 aliphatic carbocycles. The Morgan fingerprint density at radius 3 is 2.80 bits per heavy atom. The number of hydrogen-bond donors (Lipinski definition) is 1. The van der Waals surface area contributed by atoms with Gasteiger partial charge >= 0.3 is 0 Å². The molecule has 0 amide bonds. The molecule has 1 fully saturated rings. The van der Waals surface area contributed by atoms with Crippen LogP contribution in [0.5, 0.6) is 11.5 Å². The highest BCUT2D eigenvalue weighted by atomic mass is 16.7. The minimum Gasteiger partial charge on any atom is -0.454 e. The third kappa shape index (κ3) is 3.07. The summed E-state index contributed by atoms with van der Waals surface area (Å²) in [5, 5.41) is 10.4. The summed E-state index contributed by atoms with van der Waals surface area (Å²) in [7, 11) is 2.09. The van der Waals surface area contributed by atoms with Gasteiger partial charge in [0.1, 0.15) is 0 Å². The summed E-state index contributed by atoms with van der Waals surface area (Å²) in [5.74, 6) is 2.31. The van der Waals surface area contributed by atoms with E-state index in [1.165, 1.54) is 25.7 Å². The Balaban J connectivity index is 1.56. The number of likely N-dealkylation sites (N-methyl/N-ethyl adjacent to an activating group) is 1. The van der Waals surface area contributed by atoms with Crippen molar-refractivity contribution in [3.8, 4) is 11.5 Å². The van der Waals surface area contributed by atoms with E-state index in [-0.39, 0.29) is 6.79 Å². The number of benzene rings is 1. The first-order chi connectivity index (χ1) is 9.72. The lowest BCUT2D eigenvalue weighted by Crippen LogP contribution is -2.29. The number of nitrogens with zero attached hydrogens (tertiary/aromatic N) is 1. The van der Waals surface area contributed by atoms with Crippen LogP contribution in [0.1, 0.15) is 37.4 Å². The zero-order valence-electron chi connectivity index (χ0n) is 12.0. The zero-order chi connectivity index (χ0) is 13.9. The first kappa shape index (κ1) is 13.7. The molecular formula is C16H23NO3. The third-order valence-corrected chi connectivity index (χ3v) is 4.31. The third-order valence-electron chi connectivity index (χ3n) is 4.31. The second-order valence-electron chi connectivity index (χ2n) is 6.00. The van der Waals surface area contributed by atoms with Gasteiger partial charge in [-0.25, -0.2) is 0 Å². The summed E-state index contributed by atoms with van der Waals surface area (Å²) in [6.45, 7) is 2.02. The van der Waals surface area contributed by atoms with Crippen molar-refractivity contribution in [3.63, 3.8) is 0 Å². The van der Waals surface area contributed by atoms with Crippen molar-refractivity contribution in [2.24, 2.45) is 5.92 Å². The molecule has 0 radical (unpaired) electrons. The lowest BCUT2D eigenvalue weighted by molar-refractivity contribution is 0.118. The van der Waals surface area contributed by atoms with Gasteiger partial charge in [0.25, 0.3) is 0 Å². The van der Waals surface area contributed by atoms with Gasteiger partial charge in [-0.1, -0.05) is 18.9 Å². The van der Waals surface area contributed by atoms with Gasteiger partial charge in [-0.05, 0) is 43.5 Å². The van der Waals surface area contributed by atoms with Crippen LogP contribution >= 0.6 is 0 Å². The molecule has 1 aromatic carbocycles. The molecule has 1 unspecified atom stereocenters. The average Bonchev–Trinajstić information content (AvgIpc) is 3.07. The molecule has 2 aliphatic rings. The molecule has 0 bridgehead atoms. The molecule has 0 aromatic heterocycles. The van der Waals surface area contributed by atoms with Crippen LogP contribution in [0.2, 0.25) is 0 Å². The molecule has 1 aliphatic heterocycles. The largest absolute Gasteiger partial charge is 0.454 e. The van der Waals surface area contributed by atoms with Crippen molar-refractivity contribution in [1.29, 1.82) is 0 Å². The summed E-state index contributed by atoms with van der Waals surface area (Å²) >= 11 is 0. The Morgan fingerprint density at radius 1 is 1.25 bits per heavy atom. The van der Waals surface area contributed by atoms with E-state index in [9.17, 15) is 5.11 Å². The molecular weight excluding hydrogens is 254 g/mol. The SMILES string of the molecule is CN(CC1CCCC1)CC(O)c1ccc2c(c1)OCO2. The quantitative estimate of drug-likeness (QED) is 0.898. The van der Waals surface area contributed by atoms with Crippen LogP contribution in [0.3, 0.4) is 0 Å². The van der Waals surface area contributed by atoms with E-state index < -0.39 is 6.10 Å². The maximum Gasteiger partial charge on any atom is 0.231 e. The second-order valence-corrected chi connectivity index (χ2v) is 6.00. The summed E-state index contributed by atoms with van der Waals surface area (Å²) in [5.41, 5.74) is 0.896. The molecule has 0 spiro atoms. The normalized spacial score (nSPS) is 19.8. The monoisotopic (exact) mass is 277 g/mol. The summed E-state index contributed by atoms with van der Waals surface area (Å²) in [4.78, 5) is 2.24. The van der Waals surface area contributed by atoms with E-state index in [1.807, 2.05) is 18.2 Å². The highest BCUT2D eigenvalue weighted by Gasteiger charge is 2.20. The summed E-state index contributed by atoms with van der Waals surface area (Å²) in [6.07, 6.45) is 4.93. The molecule has 1 heterocycles. The molecule has 110 valence electrons. The Morgan fingerprint density at radius 2 is 2.00 bits per heavy atom. The summed E-state index contributed by atoms with van der Waals surface area (Å²) in [6, 6.07) is 5.68. The van der Waals surface area contributed by atoms with Gasteiger partial charge in [-0.15, -0.1) is 0 Å². The zero-order valence-corrected chi connectivity index (χ0v) is 12.0. The number of aliphatic hydroxyl groups excluding tert-OH is 1. The van der Waals surface area contributed by atoms with Crippen molar-refractivity contribution in [1.82, 2.24) is 4.90 Å². The first-order valence-electron chi connectivity index (χ1n) is 7.48. The minimum atomic E-state index is -0.476. The van der Waals surface area contributed by atoms with Crippen LogP contribution < -0.4 is 9.47 Å². The number of fused-ring (bicyclic) bond motifs is 1. The number of ether oxygens (including phenoxy) is 2. The van der Waals surface area contributed by atoms with Gasteiger partial charge < -0.3 is 19.5 Å². The van der Waals surface area contributed by atoms with Crippen molar-refractivity contribution in [3.05, 3.63) is 23.8 Å². The van der Waals surface area contributed by atoms with Crippen molar-refractivity contribution >= 4 is 0 Å². The Labute approximate surface area is 120 Å². The van der Waals surface area contributed by atoms with E-state index in [2.05, 4.69) is 11.9 Å². The Hall–Kier alpha value is -1.26. The molecule has 4 heteroatoms. The molecule has 1 aromatic rings. The van der Waals surface area contributed by atoms with Crippen LogP contribution in [0.25, 0.3) is 0 Å². The summed E-state index contributed by atoms with van der Waals surface area (Å²) < 4.78 is 10.6. The lowest BCUT2D eigenvalue weighted by atomic mass is 10.1. The minimum absolute atomic E-state index is 0.274. The van der Waals surface area contributed by atoms with Crippen LogP contribution in [0, 0.1) is 5.92 Å². The van der Waals surface area contributed by atoms with Gasteiger partial charge in [0.2, 0.25) is 6.79 Å². The van der Waals surface area contributed by atoms with Gasteiger partial charge in [0, 0.05) is 13.1 Å². The standard InChI is InChI=1S/C16H23NO3/c1-17(9-12-4-2-3-5-12)10-14(18)13-6-7-15-16(8-13)20-11-19-15/h6-8,12,14,18H,2-5,9-11H2,1H3. The molecule has 1 saturated carbocycles. The maximum atomic E-state index is 10.4. The van der Waals surface area contributed by atoms with E-state index in [0.717, 1.165) is 29.5 Å². The highest BCUT2D eigenvalue weighted by molar-refractivity contribution is 5.45. The first-order valence-corrected chi connectivity index (χ1v) is 7.48. The van der Waals surface area contributed by atoms with E-state index in [0.29, 0.717) is 6.54 Å². The molecule has 4 nitrogen and oxygen atoms in total. The van der Waals surface area contributed by atoms with Gasteiger partial charge in [-0.3, -0.25) is 0 Å². The Bertz CT molecular complexity index is 457. The van der Waals surface area contributed by atoms with Crippen molar-refractivity contribution < 1.29 is 14.6 Å². The Kier molecular flexibility index (Phi) is 4.13. The van der Waals surface area contributed by atoms with E-state index >= 15 is 0 Å². The molecule has 20 heavy (non-hydrogen) atoms. The second kappa shape index (κ2) is 6.02. The molecule has 0 saturated heterocycles. The number of hydrogen-bond acceptors (Lipinski definition) is 4. The lowest BCUT2D eigenvalue weighted by Gasteiger charge is -2.23. The highest BCUT2D eigenvalue weighted by Crippen LogP contribution is 2.34. The van der Waals surface area contributed by atoms with E-state index in [4.69, 9.17) is 9.47 Å². The fourth-order valence-corrected chi connectivity index (χ4v) is 3.23. The smallest absolute Gasteiger partial charge is 0.231 e. The van der Waals surface area contributed by atoms with Gasteiger partial charge in [0.05, 0.1) is 6.10 Å². The van der Waals surface area contributed by atoms with Crippen LogP contribution in [0.4, 0.5) is 0 Å². The van der Waals surface area contributed by atoms with Crippen molar-refractivity contribution in [2.45, 2.75) is 31.8 Å². The maximum absolute atomic E-state index is 10.4. The van der Waals surface area contributed by atoms with Crippen LogP contribution in [-0.2, 0) is 0 Å². The van der Waals surface area contributed by atoms with Crippen molar-refractivity contribution in [2.75, 3.05) is 26.9 Å². The molecule has 3 rings (SSSR count). The number of rotatable bonds is 5. The number of aliphatic hydroxyl groups is 1. The van der Waals surface area contributed by atoms with E-state index in [1.54, 1.807) is 0 Å². The topological polar surface area (TPSA) is 41.9 Å². The fraction of sp³-hybridized carbons (Fsp3) is 0.625. The molecule has 1 N–H and O–H groups in total. The van der Waals surface area contributed by atoms with Crippen LogP contribution in [-0.4, -0.2) is 36.9 Å². The predicted octanol–water partition coefficient (Wildman–Crippen LogP) is 2.57.